The van der Waals surface area contributed by atoms with E-state index in [-0.39, 0.29) is 0 Å². The Kier molecular flexibility index (Phi) is 3.40. The summed E-state index contributed by atoms with van der Waals surface area (Å²) in [6.07, 6.45) is 7.67. The zero-order valence-corrected chi connectivity index (χ0v) is 8.86. The van der Waals surface area contributed by atoms with Crippen molar-refractivity contribution in [3.05, 3.63) is 42.5 Å². The van der Waals surface area contributed by atoms with Crippen molar-refractivity contribution in [1.82, 2.24) is 14.8 Å². The van der Waals surface area contributed by atoms with E-state index in [0.29, 0.717) is 0 Å². The molecule has 0 atom stereocenters. The van der Waals surface area contributed by atoms with Crippen LogP contribution in [-0.4, -0.2) is 14.8 Å². The van der Waals surface area contributed by atoms with Crippen molar-refractivity contribution in [3.63, 3.8) is 0 Å². The van der Waals surface area contributed by atoms with E-state index in [4.69, 9.17) is 0 Å². The van der Waals surface area contributed by atoms with Crippen LogP contribution in [0.15, 0.2) is 30.9 Å². The molecule has 74 valence electrons. The third-order valence-corrected chi connectivity index (χ3v) is 1.82. The Morgan fingerprint density at radius 1 is 1.50 bits per heavy atom. The van der Waals surface area contributed by atoms with Crippen molar-refractivity contribution in [2.75, 3.05) is 0 Å². The second kappa shape index (κ2) is 4.56. The van der Waals surface area contributed by atoms with Gasteiger partial charge >= 0.3 is 0 Å². The normalized spacial score (nSPS) is 12.4. The Morgan fingerprint density at radius 3 is 2.64 bits per heavy atom. The Bertz CT molecular complexity index is 383. The number of allylic oxidation sites excluding steroid dienone is 5. The van der Waals surface area contributed by atoms with Gasteiger partial charge in [-0.2, -0.15) is 5.10 Å². The van der Waals surface area contributed by atoms with Gasteiger partial charge in [0.25, 0.3) is 0 Å². The molecule has 0 unspecified atom stereocenters. The molecule has 0 radical (unpaired) electrons. The molecule has 1 aromatic rings. The minimum Gasteiger partial charge on any atom is -0.249 e. The minimum absolute atomic E-state index is 0.774. The highest BCUT2D eigenvalue weighted by Crippen LogP contribution is 2.12. The van der Waals surface area contributed by atoms with Crippen LogP contribution in [0.4, 0.5) is 0 Å². The van der Waals surface area contributed by atoms with E-state index in [1.54, 1.807) is 10.8 Å². The SMILES string of the molecule is C=C/C(=C\C=C/C)c1nc(C)nn1C. The molecule has 0 bridgehead atoms. The van der Waals surface area contributed by atoms with Crippen molar-refractivity contribution in [2.24, 2.45) is 7.05 Å². The monoisotopic (exact) mass is 189 g/mol. The number of aromatic nitrogens is 3. The molecule has 0 aliphatic carbocycles. The van der Waals surface area contributed by atoms with Crippen LogP contribution < -0.4 is 0 Å². The van der Waals surface area contributed by atoms with Gasteiger partial charge in [0.05, 0.1) is 0 Å². The van der Waals surface area contributed by atoms with Gasteiger partial charge in [-0.25, -0.2) is 9.67 Å². The van der Waals surface area contributed by atoms with E-state index in [9.17, 15) is 0 Å². The van der Waals surface area contributed by atoms with Gasteiger partial charge in [0.1, 0.15) is 5.82 Å². The first-order chi connectivity index (χ1) is 6.69. The van der Waals surface area contributed by atoms with Crippen LogP contribution in [0.25, 0.3) is 5.57 Å². The Balaban J connectivity index is 3.12. The van der Waals surface area contributed by atoms with E-state index in [1.165, 1.54) is 0 Å². The second-order valence-corrected chi connectivity index (χ2v) is 2.96. The lowest BCUT2D eigenvalue weighted by Gasteiger charge is -1.98. The minimum atomic E-state index is 0.774. The second-order valence-electron chi connectivity index (χ2n) is 2.96. The Labute approximate surface area is 84.5 Å². The molecule has 14 heavy (non-hydrogen) atoms. The van der Waals surface area contributed by atoms with Gasteiger partial charge in [-0.3, -0.25) is 0 Å². The molecular formula is C11H15N3. The van der Waals surface area contributed by atoms with Crippen molar-refractivity contribution < 1.29 is 0 Å². The highest BCUT2D eigenvalue weighted by molar-refractivity contribution is 5.70. The maximum Gasteiger partial charge on any atom is 0.158 e. The summed E-state index contributed by atoms with van der Waals surface area (Å²) in [5, 5.41) is 4.18. The van der Waals surface area contributed by atoms with Gasteiger partial charge in [0, 0.05) is 12.6 Å². The smallest absolute Gasteiger partial charge is 0.158 e. The summed E-state index contributed by atoms with van der Waals surface area (Å²) in [6, 6.07) is 0. The van der Waals surface area contributed by atoms with Crippen molar-refractivity contribution in [2.45, 2.75) is 13.8 Å². The molecule has 1 aromatic heterocycles. The summed E-state index contributed by atoms with van der Waals surface area (Å²) in [5.74, 6) is 1.62. The van der Waals surface area contributed by atoms with Crippen LogP contribution in [0, 0.1) is 6.92 Å². The Morgan fingerprint density at radius 2 is 2.21 bits per heavy atom. The predicted octanol–water partition coefficient (Wildman–Crippen LogP) is 2.27. The van der Waals surface area contributed by atoms with Gasteiger partial charge in [-0.1, -0.05) is 30.9 Å². The zero-order chi connectivity index (χ0) is 10.6. The molecule has 0 fully saturated rings. The summed E-state index contributed by atoms with van der Waals surface area (Å²) in [6.45, 7) is 7.60. The van der Waals surface area contributed by atoms with Crippen LogP contribution in [0.3, 0.4) is 0 Å². The topological polar surface area (TPSA) is 30.7 Å². The highest BCUT2D eigenvalue weighted by atomic mass is 15.3. The molecule has 0 N–H and O–H groups in total. The third-order valence-electron chi connectivity index (χ3n) is 1.82. The first-order valence-corrected chi connectivity index (χ1v) is 4.52. The number of nitrogens with zero attached hydrogens (tertiary/aromatic N) is 3. The molecule has 0 amide bonds. The first kappa shape index (κ1) is 10.4. The number of aryl methyl sites for hydroxylation is 2. The molecule has 0 saturated heterocycles. The fraction of sp³-hybridized carbons (Fsp3) is 0.273. The van der Waals surface area contributed by atoms with Gasteiger partial charge in [-0.05, 0) is 13.8 Å². The molecule has 0 aliphatic rings. The first-order valence-electron chi connectivity index (χ1n) is 4.52. The summed E-state index contributed by atoms with van der Waals surface area (Å²) in [7, 11) is 1.88. The third kappa shape index (κ3) is 2.19. The molecule has 0 aliphatic heterocycles. The lowest BCUT2D eigenvalue weighted by Crippen LogP contribution is -1.97. The average Bonchev–Trinajstić information content (AvgIpc) is 2.47. The summed E-state index contributed by atoms with van der Waals surface area (Å²) < 4.78 is 1.76. The maximum absolute atomic E-state index is 4.31. The molecule has 0 saturated carbocycles. The van der Waals surface area contributed by atoms with Crippen LogP contribution >= 0.6 is 0 Å². The van der Waals surface area contributed by atoms with Crippen molar-refractivity contribution in [3.8, 4) is 0 Å². The zero-order valence-electron chi connectivity index (χ0n) is 8.86. The van der Waals surface area contributed by atoms with Gasteiger partial charge in [-0.15, -0.1) is 0 Å². The van der Waals surface area contributed by atoms with E-state index >= 15 is 0 Å². The number of hydrogen-bond acceptors (Lipinski definition) is 2. The predicted molar refractivity (Wildman–Crippen MR) is 58.7 cm³/mol. The summed E-state index contributed by atoms with van der Waals surface area (Å²) in [4.78, 5) is 4.31. The van der Waals surface area contributed by atoms with Crippen molar-refractivity contribution >= 4 is 5.57 Å². The molecule has 3 heteroatoms. The highest BCUT2D eigenvalue weighted by Gasteiger charge is 2.05. The molecule has 0 aromatic carbocycles. The fourth-order valence-corrected chi connectivity index (χ4v) is 1.20. The van der Waals surface area contributed by atoms with E-state index in [2.05, 4.69) is 16.7 Å². The Hall–Kier alpha value is -1.64. The number of rotatable bonds is 3. The lowest BCUT2D eigenvalue weighted by atomic mass is 10.2. The van der Waals surface area contributed by atoms with Gasteiger partial charge in [0.2, 0.25) is 0 Å². The van der Waals surface area contributed by atoms with E-state index in [1.807, 2.05) is 39.1 Å². The van der Waals surface area contributed by atoms with E-state index in [0.717, 1.165) is 17.2 Å². The number of hydrogen-bond donors (Lipinski definition) is 0. The molecule has 3 nitrogen and oxygen atoms in total. The standard InChI is InChI=1S/C11H15N3/c1-5-7-8-10(6-2)11-12-9(3)13-14(11)4/h5-8H,2H2,1,3-4H3/b7-5-,10-8+. The fourth-order valence-electron chi connectivity index (χ4n) is 1.20. The summed E-state index contributed by atoms with van der Waals surface area (Å²) >= 11 is 0. The van der Waals surface area contributed by atoms with Crippen LogP contribution in [0.5, 0.6) is 0 Å². The quantitative estimate of drug-likeness (QED) is 0.683. The van der Waals surface area contributed by atoms with E-state index < -0.39 is 0 Å². The van der Waals surface area contributed by atoms with Crippen molar-refractivity contribution in [1.29, 1.82) is 0 Å². The average molecular weight is 189 g/mol. The van der Waals surface area contributed by atoms with Crippen LogP contribution in [0.1, 0.15) is 18.6 Å². The maximum atomic E-state index is 4.31. The lowest BCUT2D eigenvalue weighted by molar-refractivity contribution is 0.746. The molecular weight excluding hydrogens is 174 g/mol. The van der Waals surface area contributed by atoms with Gasteiger partial charge in [0.15, 0.2) is 5.82 Å². The molecule has 0 spiro atoms. The molecule has 1 rings (SSSR count). The van der Waals surface area contributed by atoms with Crippen LogP contribution in [-0.2, 0) is 7.05 Å². The van der Waals surface area contributed by atoms with Crippen LogP contribution in [0.2, 0.25) is 0 Å². The summed E-state index contributed by atoms with van der Waals surface area (Å²) in [5.41, 5.74) is 0.978. The largest absolute Gasteiger partial charge is 0.249 e. The molecule has 1 heterocycles. The van der Waals surface area contributed by atoms with Gasteiger partial charge < -0.3 is 0 Å².